The number of nitrogens with zero attached hydrogens (tertiary/aromatic N) is 1. The molecule has 1 atom stereocenters. The number of halogens is 1. The van der Waals surface area contributed by atoms with E-state index in [2.05, 4.69) is 9.71 Å². The van der Waals surface area contributed by atoms with Gasteiger partial charge in [-0.05, 0) is 23.6 Å². The van der Waals surface area contributed by atoms with Crippen molar-refractivity contribution in [2.45, 2.75) is 17.5 Å². The lowest BCUT2D eigenvalue weighted by Gasteiger charge is -2.15. The monoisotopic (exact) mass is 330 g/mol. The number of carbonyl (C=O) groups is 1. The van der Waals surface area contributed by atoms with Crippen LogP contribution in [0.3, 0.4) is 0 Å². The fraction of sp³-hybridized carbons (Fsp3) is 0.167. The quantitative estimate of drug-likeness (QED) is 0.841. The van der Waals surface area contributed by atoms with Crippen molar-refractivity contribution in [3.8, 4) is 0 Å². The SMILES string of the molecule is O=C(O)CC(NS(=O)(=O)c1ncccc1F)c1cccs1. The molecular weight excluding hydrogens is 319 g/mol. The predicted molar refractivity (Wildman–Crippen MR) is 73.8 cm³/mol. The Balaban J connectivity index is 2.32. The molecule has 0 fully saturated rings. The van der Waals surface area contributed by atoms with Crippen LogP contribution in [0.5, 0.6) is 0 Å². The summed E-state index contributed by atoms with van der Waals surface area (Å²) >= 11 is 1.21. The van der Waals surface area contributed by atoms with E-state index in [9.17, 15) is 17.6 Å². The minimum atomic E-state index is -4.25. The van der Waals surface area contributed by atoms with Gasteiger partial charge in [-0.1, -0.05) is 6.07 Å². The summed E-state index contributed by atoms with van der Waals surface area (Å²) in [5.74, 6) is -2.16. The second-order valence-corrected chi connectivity index (χ2v) is 6.69. The van der Waals surface area contributed by atoms with Crippen molar-refractivity contribution >= 4 is 27.3 Å². The van der Waals surface area contributed by atoms with E-state index in [1.807, 2.05) is 0 Å². The lowest BCUT2D eigenvalue weighted by Crippen LogP contribution is -2.31. The van der Waals surface area contributed by atoms with Crippen molar-refractivity contribution in [2.75, 3.05) is 0 Å². The number of pyridine rings is 1. The Bertz CT molecular complexity index is 731. The molecule has 21 heavy (non-hydrogen) atoms. The molecule has 2 heterocycles. The van der Waals surface area contributed by atoms with Crippen LogP contribution in [0.2, 0.25) is 0 Å². The molecule has 0 radical (unpaired) electrons. The van der Waals surface area contributed by atoms with Gasteiger partial charge in [0.15, 0.2) is 5.82 Å². The van der Waals surface area contributed by atoms with Crippen molar-refractivity contribution < 1.29 is 22.7 Å². The van der Waals surface area contributed by atoms with Crippen LogP contribution < -0.4 is 4.72 Å². The number of sulfonamides is 1. The summed E-state index contributed by atoms with van der Waals surface area (Å²) in [6.45, 7) is 0. The topological polar surface area (TPSA) is 96.4 Å². The summed E-state index contributed by atoms with van der Waals surface area (Å²) in [7, 11) is -4.25. The lowest BCUT2D eigenvalue weighted by molar-refractivity contribution is -0.137. The number of nitrogens with one attached hydrogen (secondary N) is 1. The highest BCUT2D eigenvalue weighted by Gasteiger charge is 2.27. The predicted octanol–water partition coefficient (Wildman–Crippen LogP) is 1.78. The van der Waals surface area contributed by atoms with Crippen LogP contribution in [0.4, 0.5) is 4.39 Å². The summed E-state index contributed by atoms with van der Waals surface area (Å²) in [6, 6.07) is 4.54. The molecule has 0 aromatic carbocycles. The molecule has 0 aliphatic heterocycles. The molecule has 0 saturated carbocycles. The Morgan fingerprint density at radius 2 is 2.19 bits per heavy atom. The zero-order chi connectivity index (χ0) is 15.5. The maximum absolute atomic E-state index is 13.5. The fourth-order valence-electron chi connectivity index (χ4n) is 1.68. The van der Waals surface area contributed by atoms with E-state index in [4.69, 9.17) is 5.11 Å². The third kappa shape index (κ3) is 3.84. The van der Waals surface area contributed by atoms with Gasteiger partial charge in [0, 0.05) is 11.1 Å². The molecule has 2 aromatic rings. The van der Waals surface area contributed by atoms with Crippen molar-refractivity contribution in [3.63, 3.8) is 0 Å². The fourth-order valence-corrected chi connectivity index (χ4v) is 3.75. The summed E-state index contributed by atoms with van der Waals surface area (Å²) in [4.78, 5) is 14.9. The number of carboxylic acid groups (broad SMARTS) is 1. The maximum Gasteiger partial charge on any atom is 0.305 e. The van der Waals surface area contributed by atoms with E-state index in [-0.39, 0.29) is 0 Å². The molecule has 2 aromatic heterocycles. The Morgan fingerprint density at radius 3 is 2.76 bits per heavy atom. The lowest BCUT2D eigenvalue weighted by atomic mass is 10.2. The second kappa shape index (κ2) is 6.29. The standard InChI is InChI=1S/C12H11FN2O4S2/c13-8-3-1-5-14-12(8)21(18,19)15-9(7-11(16)17)10-4-2-6-20-10/h1-6,9,15H,7H2,(H,16,17). The van der Waals surface area contributed by atoms with Crippen LogP contribution in [0.25, 0.3) is 0 Å². The molecule has 2 rings (SSSR count). The highest BCUT2D eigenvalue weighted by Crippen LogP contribution is 2.24. The van der Waals surface area contributed by atoms with E-state index < -0.39 is 39.3 Å². The molecule has 112 valence electrons. The van der Waals surface area contributed by atoms with Crippen molar-refractivity contribution in [1.82, 2.24) is 9.71 Å². The molecule has 0 amide bonds. The van der Waals surface area contributed by atoms with Gasteiger partial charge in [-0.2, -0.15) is 0 Å². The van der Waals surface area contributed by atoms with Gasteiger partial charge in [0.05, 0.1) is 12.5 Å². The van der Waals surface area contributed by atoms with Crippen LogP contribution in [-0.4, -0.2) is 24.5 Å². The van der Waals surface area contributed by atoms with Gasteiger partial charge in [0.1, 0.15) is 0 Å². The number of hydrogen-bond donors (Lipinski definition) is 2. The smallest absolute Gasteiger partial charge is 0.305 e. The Hall–Kier alpha value is -1.84. The largest absolute Gasteiger partial charge is 0.481 e. The zero-order valence-electron chi connectivity index (χ0n) is 10.6. The Morgan fingerprint density at radius 1 is 1.43 bits per heavy atom. The van der Waals surface area contributed by atoms with Gasteiger partial charge in [0.25, 0.3) is 10.0 Å². The summed E-state index contributed by atoms with van der Waals surface area (Å²) in [5, 5.41) is 9.83. The normalized spacial score (nSPS) is 13.0. The molecule has 0 spiro atoms. The molecule has 6 nitrogen and oxygen atoms in total. The van der Waals surface area contributed by atoms with Crippen molar-refractivity contribution in [3.05, 3.63) is 46.5 Å². The minimum absolute atomic E-state index is 0.450. The number of aromatic nitrogens is 1. The highest BCUT2D eigenvalue weighted by atomic mass is 32.2. The third-order valence-corrected chi connectivity index (χ3v) is 4.93. The average Bonchev–Trinajstić information content (AvgIpc) is 2.91. The molecule has 0 bridgehead atoms. The Kier molecular flexibility index (Phi) is 4.66. The minimum Gasteiger partial charge on any atom is -0.481 e. The molecule has 2 N–H and O–H groups in total. The zero-order valence-corrected chi connectivity index (χ0v) is 12.2. The van der Waals surface area contributed by atoms with E-state index in [1.54, 1.807) is 17.5 Å². The molecular formula is C12H11FN2O4S2. The van der Waals surface area contributed by atoms with Crippen LogP contribution in [0, 0.1) is 5.82 Å². The van der Waals surface area contributed by atoms with E-state index >= 15 is 0 Å². The summed E-state index contributed by atoms with van der Waals surface area (Å²) in [6.07, 6.45) is 0.698. The van der Waals surface area contributed by atoms with E-state index in [1.165, 1.54) is 17.4 Å². The molecule has 0 aliphatic rings. The van der Waals surface area contributed by atoms with Gasteiger partial charge in [-0.15, -0.1) is 11.3 Å². The number of thiophene rings is 1. The van der Waals surface area contributed by atoms with Crippen LogP contribution >= 0.6 is 11.3 Å². The number of rotatable bonds is 6. The summed E-state index contributed by atoms with van der Waals surface area (Å²) < 4.78 is 40.0. The number of carboxylic acids is 1. The van der Waals surface area contributed by atoms with Crippen LogP contribution in [0.1, 0.15) is 17.3 Å². The van der Waals surface area contributed by atoms with Gasteiger partial charge in [-0.25, -0.2) is 22.5 Å². The van der Waals surface area contributed by atoms with E-state index in [0.717, 1.165) is 12.3 Å². The second-order valence-electron chi connectivity index (χ2n) is 4.08. The first-order valence-electron chi connectivity index (χ1n) is 5.78. The number of hydrogen-bond acceptors (Lipinski definition) is 5. The number of aliphatic carboxylic acids is 1. The maximum atomic E-state index is 13.5. The third-order valence-electron chi connectivity index (χ3n) is 2.54. The first-order valence-corrected chi connectivity index (χ1v) is 8.14. The highest BCUT2D eigenvalue weighted by molar-refractivity contribution is 7.89. The van der Waals surface area contributed by atoms with Crippen molar-refractivity contribution in [1.29, 1.82) is 0 Å². The Labute approximate surface area is 124 Å². The summed E-state index contributed by atoms with van der Waals surface area (Å²) in [5.41, 5.74) is 0. The van der Waals surface area contributed by atoms with Crippen LogP contribution in [0.15, 0.2) is 40.9 Å². The van der Waals surface area contributed by atoms with Gasteiger partial charge in [0.2, 0.25) is 5.03 Å². The molecule has 1 unspecified atom stereocenters. The van der Waals surface area contributed by atoms with Crippen molar-refractivity contribution in [2.24, 2.45) is 0 Å². The van der Waals surface area contributed by atoms with Gasteiger partial charge < -0.3 is 5.11 Å². The average molecular weight is 330 g/mol. The first kappa shape index (κ1) is 15.5. The van der Waals surface area contributed by atoms with Gasteiger partial charge >= 0.3 is 5.97 Å². The first-order chi connectivity index (χ1) is 9.90. The molecule has 0 aliphatic carbocycles. The van der Waals surface area contributed by atoms with Gasteiger partial charge in [-0.3, -0.25) is 4.79 Å². The van der Waals surface area contributed by atoms with Crippen LogP contribution in [-0.2, 0) is 14.8 Å². The van der Waals surface area contributed by atoms with E-state index in [0.29, 0.717) is 4.88 Å². The molecule has 9 heteroatoms. The molecule has 0 saturated heterocycles.